The maximum atomic E-state index is 13.4. The summed E-state index contributed by atoms with van der Waals surface area (Å²) in [5, 5.41) is 6.20. The summed E-state index contributed by atoms with van der Waals surface area (Å²) < 4.78 is 46.8. The van der Waals surface area contributed by atoms with E-state index in [0.29, 0.717) is 17.2 Å². The minimum Gasteiger partial charge on any atom is -0.457 e. The maximum Gasteiger partial charge on any atom is 0.433 e. The highest BCUT2D eigenvalue weighted by Gasteiger charge is 2.40. The number of ether oxygens (including phenoxy) is 1. The molecule has 0 aliphatic rings. The number of rotatable bonds is 5. The summed E-state index contributed by atoms with van der Waals surface area (Å²) in [6, 6.07) is 13.3. The van der Waals surface area contributed by atoms with Crippen molar-refractivity contribution in [2.75, 3.05) is 5.32 Å². The van der Waals surface area contributed by atoms with E-state index in [1.165, 1.54) is 0 Å². The summed E-state index contributed by atoms with van der Waals surface area (Å²) in [5.74, 6) is 0.325. The number of carbonyl (C=O) groups excluding carboxylic acids is 1. The normalized spacial score (nSPS) is 11.6. The molecule has 0 spiro atoms. The summed E-state index contributed by atoms with van der Waals surface area (Å²) in [6.07, 6.45) is -3.76. The highest BCUT2D eigenvalue weighted by atomic mass is 19.4. The van der Waals surface area contributed by atoms with Crippen LogP contribution < -0.4 is 10.1 Å². The van der Waals surface area contributed by atoms with Crippen LogP contribution in [0.25, 0.3) is 0 Å². The van der Waals surface area contributed by atoms with Gasteiger partial charge in [-0.25, -0.2) is 0 Å². The predicted molar refractivity (Wildman–Crippen MR) is 103 cm³/mol. The van der Waals surface area contributed by atoms with Crippen molar-refractivity contribution in [3.8, 4) is 11.5 Å². The van der Waals surface area contributed by atoms with Crippen LogP contribution in [-0.2, 0) is 6.18 Å². The van der Waals surface area contributed by atoms with Gasteiger partial charge in [0.1, 0.15) is 11.5 Å². The fourth-order valence-corrected chi connectivity index (χ4v) is 2.82. The highest BCUT2D eigenvalue weighted by Crippen LogP contribution is 2.34. The topological polar surface area (TPSA) is 56.1 Å². The van der Waals surface area contributed by atoms with Crippen LogP contribution in [0.1, 0.15) is 41.5 Å². The third kappa shape index (κ3) is 4.77. The number of amides is 1. The lowest BCUT2D eigenvalue weighted by Crippen LogP contribution is -2.22. The molecule has 0 aliphatic heterocycles. The SMILES string of the molecule is Cc1cccc(Oc2ccc(NC(=O)c3cnn(C(C)C)c3C(F)(F)F)cc2)c1. The van der Waals surface area contributed by atoms with Crippen molar-refractivity contribution in [3.05, 3.63) is 71.5 Å². The molecule has 0 aliphatic carbocycles. The van der Waals surface area contributed by atoms with Crippen molar-refractivity contribution < 1.29 is 22.7 Å². The first-order valence-electron chi connectivity index (χ1n) is 8.96. The molecule has 29 heavy (non-hydrogen) atoms. The van der Waals surface area contributed by atoms with Gasteiger partial charge < -0.3 is 10.1 Å². The summed E-state index contributed by atoms with van der Waals surface area (Å²) in [5.41, 5.74) is -0.193. The van der Waals surface area contributed by atoms with Crippen LogP contribution in [0.2, 0.25) is 0 Å². The summed E-state index contributed by atoms with van der Waals surface area (Å²) in [4.78, 5) is 12.4. The molecule has 5 nitrogen and oxygen atoms in total. The first kappa shape index (κ1) is 20.4. The third-order valence-electron chi connectivity index (χ3n) is 4.14. The Hall–Kier alpha value is -3.29. The minimum absolute atomic E-state index is 0.344. The molecule has 0 saturated carbocycles. The van der Waals surface area contributed by atoms with Crippen molar-refractivity contribution in [1.29, 1.82) is 0 Å². The number of hydrogen-bond donors (Lipinski definition) is 1. The number of halogens is 3. The predicted octanol–water partition coefficient (Wildman–Crippen LogP) is 5.84. The van der Waals surface area contributed by atoms with Crippen molar-refractivity contribution in [2.45, 2.75) is 33.0 Å². The van der Waals surface area contributed by atoms with Gasteiger partial charge in [-0.3, -0.25) is 9.48 Å². The largest absolute Gasteiger partial charge is 0.457 e. The summed E-state index contributed by atoms with van der Waals surface area (Å²) in [6.45, 7) is 5.08. The second-order valence-corrected chi connectivity index (χ2v) is 6.84. The Morgan fingerprint density at radius 2 is 1.79 bits per heavy atom. The fraction of sp³-hybridized carbons (Fsp3) is 0.238. The van der Waals surface area contributed by atoms with Crippen LogP contribution >= 0.6 is 0 Å². The zero-order valence-corrected chi connectivity index (χ0v) is 16.1. The van der Waals surface area contributed by atoms with E-state index in [-0.39, 0.29) is 0 Å². The smallest absolute Gasteiger partial charge is 0.433 e. The van der Waals surface area contributed by atoms with E-state index < -0.39 is 29.4 Å². The first-order valence-corrected chi connectivity index (χ1v) is 8.96. The number of alkyl halides is 3. The fourth-order valence-electron chi connectivity index (χ4n) is 2.82. The zero-order valence-electron chi connectivity index (χ0n) is 16.1. The van der Waals surface area contributed by atoms with E-state index in [2.05, 4.69) is 10.4 Å². The number of benzene rings is 2. The molecule has 0 fully saturated rings. The number of nitrogens with one attached hydrogen (secondary N) is 1. The molecule has 0 bridgehead atoms. The number of aromatic nitrogens is 2. The molecule has 1 amide bonds. The van der Waals surface area contributed by atoms with Gasteiger partial charge in [0.15, 0.2) is 5.69 Å². The lowest BCUT2D eigenvalue weighted by molar-refractivity contribution is -0.145. The number of hydrogen-bond acceptors (Lipinski definition) is 3. The van der Waals surface area contributed by atoms with Crippen LogP contribution in [0.4, 0.5) is 18.9 Å². The van der Waals surface area contributed by atoms with Crippen molar-refractivity contribution in [3.63, 3.8) is 0 Å². The van der Waals surface area contributed by atoms with E-state index in [1.54, 1.807) is 38.1 Å². The molecule has 0 saturated heterocycles. The Morgan fingerprint density at radius 1 is 1.10 bits per heavy atom. The molecule has 3 rings (SSSR count). The summed E-state index contributed by atoms with van der Waals surface area (Å²) >= 11 is 0. The molecular weight excluding hydrogens is 383 g/mol. The Balaban J connectivity index is 1.76. The highest BCUT2D eigenvalue weighted by molar-refractivity contribution is 6.05. The summed E-state index contributed by atoms with van der Waals surface area (Å²) in [7, 11) is 0. The Bertz CT molecular complexity index is 1010. The van der Waals surface area contributed by atoms with E-state index in [4.69, 9.17) is 4.74 Å². The minimum atomic E-state index is -4.70. The van der Waals surface area contributed by atoms with Crippen LogP contribution in [0, 0.1) is 6.92 Å². The van der Waals surface area contributed by atoms with E-state index >= 15 is 0 Å². The molecule has 8 heteroatoms. The molecule has 0 atom stereocenters. The Kier molecular flexibility index (Phi) is 5.63. The number of nitrogens with zero attached hydrogens (tertiary/aromatic N) is 2. The van der Waals surface area contributed by atoms with E-state index in [1.807, 2.05) is 31.2 Å². The number of anilines is 1. The Morgan fingerprint density at radius 3 is 2.38 bits per heavy atom. The van der Waals surface area contributed by atoms with Crippen LogP contribution in [0.3, 0.4) is 0 Å². The van der Waals surface area contributed by atoms with Crippen molar-refractivity contribution in [1.82, 2.24) is 9.78 Å². The molecule has 0 radical (unpaired) electrons. The third-order valence-corrected chi connectivity index (χ3v) is 4.14. The monoisotopic (exact) mass is 403 g/mol. The number of aryl methyl sites for hydroxylation is 1. The zero-order chi connectivity index (χ0) is 21.2. The van der Waals surface area contributed by atoms with Gasteiger partial charge in [0.2, 0.25) is 0 Å². The van der Waals surface area contributed by atoms with Gasteiger partial charge in [0.25, 0.3) is 5.91 Å². The molecular formula is C21H20F3N3O2. The van der Waals surface area contributed by atoms with E-state index in [0.717, 1.165) is 16.4 Å². The molecule has 2 aromatic carbocycles. The van der Waals surface area contributed by atoms with Crippen LogP contribution in [-0.4, -0.2) is 15.7 Å². The van der Waals surface area contributed by atoms with Gasteiger partial charge in [-0.1, -0.05) is 12.1 Å². The van der Waals surface area contributed by atoms with Crippen LogP contribution in [0.15, 0.2) is 54.7 Å². The van der Waals surface area contributed by atoms with Gasteiger partial charge >= 0.3 is 6.18 Å². The first-order chi connectivity index (χ1) is 13.6. The van der Waals surface area contributed by atoms with Gasteiger partial charge in [-0.15, -0.1) is 0 Å². The average Bonchev–Trinajstić information content (AvgIpc) is 3.09. The van der Waals surface area contributed by atoms with Gasteiger partial charge in [-0.2, -0.15) is 18.3 Å². The average molecular weight is 403 g/mol. The second-order valence-electron chi connectivity index (χ2n) is 6.84. The molecule has 3 aromatic rings. The lowest BCUT2D eigenvalue weighted by atomic mass is 10.2. The Labute approximate surface area is 166 Å². The molecule has 1 N–H and O–H groups in total. The standard InChI is InChI=1S/C21H20F3N3O2/c1-13(2)27-19(21(22,23)24)18(12-25-27)20(28)26-15-7-9-16(10-8-15)29-17-6-4-5-14(3)11-17/h4-13H,1-3H3,(H,26,28). The lowest BCUT2D eigenvalue weighted by Gasteiger charge is -2.15. The molecule has 1 heterocycles. The van der Waals surface area contributed by atoms with E-state index in [9.17, 15) is 18.0 Å². The van der Waals surface area contributed by atoms with Gasteiger partial charge in [-0.05, 0) is 62.7 Å². The number of carbonyl (C=O) groups is 1. The van der Waals surface area contributed by atoms with Crippen LogP contribution in [0.5, 0.6) is 11.5 Å². The van der Waals surface area contributed by atoms with Gasteiger partial charge in [0.05, 0.1) is 11.8 Å². The second kappa shape index (κ2) is 7.98. The quantitative estimate of drug-likeness (QED) is 0.583. The van der Waals surface area contributed by atoms with Crippen molar-refractivity contribution >= 4 is 11.6 Å². The van der Waals surface area contributed by atoms with Crippen molar-refractivity contribution in [2.24, 2.45) is 0 Å². The maximum absolute atomic E-state index is 13.4. The molecule has 152 valence electrons. The molecule has 1 aromatic heterocycles. The van der Waals surface area contributed by atoms with Gasteiger partial charge in [0, 0.05) is 11.7 Å². The molecule has 0 unspecified atom stereocenters.